The maximum absolute atomic E-state index is 12.2. The summed E-state index contributed by atoms with van der Waals surface area (Å²) >= 11 is 1.55. The van der Waals surface area contributed by atoms with Crippen molar-refractivity contribution < 1.29 is 0 Å². The molecule has 1 aromatic carbocycles. The van der Waals surface area contributed by atoms with Gasteiger partial charge < -0.3 is 5.73 Å². The summed E-state index contributed by atoms with van der Waals surface area (Å²) in [5.41, 5.74) is 5.91. The van der Waals surface area contributed by atoms with E-state index in [0.29, 0.717) is 12.5 Å². The summed E-state index contributed by atoms with van der Waals surface area (Å²) in [5.74, 6) is 0.621. The molecule has 1 heterocycles. The molecule has 16 heavy (non-hydrogen) atoms. The molecule has 0 saturated heterocycles. The molecule has 4 heteroatoms. The largest absolute Gasteiger partial charge is 0.328 e. The van der Waals surface area contributed by atoms with Crippen molar-refractivity contribution >= 4 is 21.6 Å². The molecule has 2 N–H and O–H groups in total. The Morgan fingerprint density at radius 2 is 2.19 bits per heavy atom. The van der Waals surface area contributed by atoms with Crippen molar-refractivity contribution in [1.29, 1.82) is 0 Å². The molecule has 0 radical (unpaired) electrons. The van der Waals surface area contributed by atoms with Crippen molar-refractivity contribution in [3.63, 3.8) is 0 Å². The molecule has 1 atom stereocenters. The van der Waals surface area contributed by atoms with E-state index in [1.54, 1.807) is 11.5 Å². The van der Waals surface area contributed by atoms with Gasteiger partial charge in [-0.3, -0.25) is 8.75 Å². The second-order valence-electron chi connectivity index (χ2n) is 4.36. The van der Waals surface area contributed by atoms with Gasteiger partial charge in [0, 0.05) is 6.54 Å². The molecule has 1 aromatic heterocycles. The third-order valence-electron chi connectivity index (χ3n) is 3.22. The Morgan fingerprint density at radius 3 is 2.81 bits per heavy atom. The number of rotatable bonds is 3. The van der Waals surface area contributed by atoms with E-state index in [2.05, 4.69) is 0 Å². The monoisotopic (exact) mass is 234 g/mol. The van der Waals surface area contributed by atoms with Crippen LogP contribution < -0.4 is 11.3 Å². The molecule has 3 rings (SSSR count). The minimum absolute atomic E-state index is 0.128. The quantitative estimate of drug-likeness (QED) is 0.882. The normalized spacial score (nSPS) is 17.8. The molecular formula is C12H14N2OS. The first-order valence-electron chi connectivity index (χ1n) is 5.62. The van der Waals surface area contributed by atoms with Gasteiger partial charge in [0.1, 0.15) is 0 Å². The molecule has 1 fully saturated rings. The summed E-state index contributed by atoms with van der Waals surface area (Å²) in [6.45, 7) is 0.567. The van der Waals surface area contributed by atoms with Crippen molar-refractivity contribution in [1.82, 2.24) is 3.96 Å². The Labute approximate surface area is 97.6 Å². The van der Waals surface area contributed by atoms with Crippen LogP contribution in [-0.4, -0.2) is 10.5 Å². The number of nitrogens with two attached hydrogens (primary N) is 1. The van der Waals surface area contributed by atoms with Crippen LogP contribution in [-0.2, 0) is 0 Å². The minimum atomic E-state index is 0.128. The van der Waals surface area contributed by atoms with Gasteiger partial charge in [-0.05, 0) is 30.9 Å². The zero-order valence-corrected chi connectivity index (χ0v) is 9.74. The lowest BCUT2D eigenvalue weighted by molar-refractivity contribution is 0.477. The van der Waals surface area contributed by atoms with Crippen molar-refractivity contribution in [3.8, 4) is 0 Å². The van der Waals surface area contributed by atoms with Gasteiger partial charge in [-0.1, -0.05) is 23.7 Å². The van der Waals surface area contributed by atoms with Gasteiger partial charge >= 0.3 is 0 Å². The topological polar surface area (TPSA) is 48.0 Å². The molecule has 1 aliphatic carbocycles. The lowest BCUT2D eigenvalue weighted by Crippen LogP contribution is -2.26. The smallest absolute Gasteiger partial charge is 0.268 e. The third-order valence-corrected chi connectivity index (χ3v) is 4.41. The van der Waals surface area contributed by atoms with Crippen molar-refractivity contribution in [3.05, 3.63) is 34.6 Å². The van der Waals surface area contributed by atoms with E-state index in [1.807, 2.05) is 28.2 Å². The summed E-state index contributed by atoms with van der Waals surface area (Å²) in [6.07, 6.45) is 2.42. The van der Waals surface area contributed by atoms with E-state index in [1.165, 1.54) is 12.8 Å². The van der Waals surface area contributed by atoms with Crippen LogP contribution in [0.25, 0.3) is 10.1 Å². The molecule has 2 aromatic rings. The second-order valence-corrected chi connectivity index (χ2v) is 5.37. The summed E-state index contributed by atoms with van der Waals surface area (Å²) in [5, 5.41) is 0.826. The van der Waals surface area contributed by atoms with E-state index in [-0.39, 0.29) is 11.6 Å². The van der Waals surface area contributed by atoms with E-state index >= 15 is 0 Å². The van der Waals surface area contributed by atoms with Gasteiger partial charge in [-0.25, -0.2) is 0 Å². The van der Waals surface area contributed by atoms with Crippen LogP contribution in [0.3, 0.4) is 0 Å². The predicted molar refractivity (Wildman–Crippen MR) is 66.9 cm³/mol. The van der Waals surface area contributed by atoms with Gasteiger partial charge in [0.2, 0.25) is 0 Å². The summed E-state index contributed by atoms with van der Waals surface area (Å²) in [4.78, 5) is 12.2. The summed E-state index contributed by atoms with van der Waals surface area (Å²) < 4.78 is 2.94. The van der Waals surface area contributed by atoms with Gasteiger partial charge in [0.05, 0.1) is 16.1 Å². The molecule has 0 aliphatic heterocycles. The Balaban J connectivity index is 2.15. The molecule has 0 amide bonds. The zero-order chi connectivity index (χ0) is 11.1. The first-order chi connectivity index (χ1) is 7.81. The van der Waals surface area contributed by atoms with Crippen LogP contribution in [0.5, 0.6) is 0 Å². The van der Waals surface area contributed by atoms with Crippen molar-refractivity contribution in [2.24, 2.45) is 11.7 Å². The number of nitrogens with zero attached hydrogens (tertiary/aromatic N) is 1. The van der Waals surface area contributed by atoms with Crippen LogP contribution in [0.15, 0.2) is 29.1 Å². The maximum Gasteiger partial charge on any atom is 0.268 e. The molecule has 1 saturated carbocycles. The number of hydrogen-bond donors (Lipinski definition) is 1. The lowest BCUT2D eigenvalue weighted by atomic mass is 10.2. The lowest BCUT2D eigenvalue weighted by Gasteiger charge is -2.13. The average Bonchev–Trinajstić information content (AvgIpc) is 3.08. The van der Waals surface area contributed by atoms with E-state index in [4.69, 9.17) is 5.73 Å². The summed E-state index contributed by atoms with van der Waals surface area (Å²) in [7, 11) is 0. The first-order valence-corrected chi connectivity index (χ1v) is 6.39. The van der Waals surface area contributed by atoms with Crippen LogP contribution in [0.1, 0.15) is 18.9 Å². The standard InChI is InChI=1S/C12H14N2OS/c13-7-10(8-5-6-8)14-12(15)9-3-1-2-4-11(9)16-14/h1-4,8,10H,5-7,13H2. The zero-order valence-electron chi connectivity index (χ0n) is 8.93. The maximum atomic E-state index is 12.2. The first kappa shape index (κ1) is 10.1. The third kappa shape index (κ3) is 1.49. The SMILES string of the molecule is NCC(C1CC1)n1sc2ccccc2c1=O. The van der Waals surface area contributed by atoms with Gasteiger partial charge in [-0.15, -0.1) is 0 Å². The molecule has 1 aliphatic rings. The Morgan fingerprint density at radius 1 is 1.44 bits per heavy atom. The second kappa shape index (κ2) is 3.71. The van der Waals surface area contributed by atoms with Gasteiger partial charge in [0.15, 0.2) is 0 Å². The molecule has 1 unspecified atom stereocenters. The Hall–Kier alpha value is -1.13. The highest BCUT2D eigenvalue weighted by atomic mass is 32.1. The summed E-state index contributed by atoms with van der Waals surface area (Å²) in [6, 6.07) is 7.99. The molecule has 84 valence electrons. The predicted octanol–water partition coefficient (Wildman–Crippen LogP) is 1.97. The molecule has 3 nitrogen and oxygen atoms in total. The highest BCUT2D eigenvalue weighted by Gasteiger charge is 2.33. The van der Waals surface area contributed by atoms with Crippen LogP contribution in [0.4, 0.5) is 0 Å². The van der Waals surface area contributed by atoms with Crippen LogP contribution in [0, 0.1) is 5.92 Å². The molecular weight excluding hydrogens is 220 g/mol. The number of hydrogen-bond acceptors (Lipinski definition) is 3. The minimum Gasteiger partial charge on any atom is -0.328 e. The van der Waals surface area contributed by atoms with Crippen molar-refractivity contribution in [2.75, 3.05) is 6.54 Å². The van der Waals surface area contributed by atoms with E-state index in [9.17, 15) is 4.79 Å². The molecule has 0 spiro atoms. The number of aromatic nitrogens is 1. The fourth-order valence-corrected chi connectivity index (χ4v) is 3.35. The van der Waals surface area contributed by atoms with Crippen molar-refractivity contribution in [2.45, 2.75) is 18.9 Å². The van der Waals surface area contributed by atoms with Crippen LogP contribution >= 0.6 is 11.5 Å². The number of benzene rings is 1. The van der Waals surface area contributed by atoms with Crippen LogP contribution in [0.2, 0.25) is 0 Å². The highest BCUT2D eigenvalue weighted by molar-refractivity contribution is 7.13. The Kier molecular flexibility index (Phi) is 2.33. The average molecular weight is 234 g/mol. The highest BCUT2D eigenvalue weighted by Crippen LogP contribution is 2.39. The fraction of sp³-hybridized carbons (Fsp3) is 0.417. The van der Waals surface area contributed by atoms with E-state index < -0.39 is 0 Å². The molecule has 0 bridgehead atoms. The fourth-order valence-electron chi connectivity index (χ4n) is 2.17. The van der Waals surface area contributed by atoms with Gasteiger partial charge in [0.25, 0.3) is 5.56 Å². The number of fused-ring (bicyclic) bond motifs is 1. The van der Waals surface area contributed by atoms with E-state index in [0.717, 1.165) is 10.1 Å². The van der Waals surface area contributed by atoms with Gasteiger partial charge in [-0.2, -0.15) is 0 Å². The Bertz CT molecular complexity index is 568.